The van der Waals surface area contributed by atoms with Crippen LogP contribution in [0.4, 0.5) is 5.69 Å². The summed E-state index contributed by atoms with van der Waals surface area (Å²) in [6, 6.07) is 3.43. The highest BCUT2D eigenvalue weighted by Gasteiger charge is 1.65. The van der Waals surface area contributed by atoms with Gasteiger partial charge in [0, 0.05) is 12.4 Å². The highest BCUT2D eigenvalue weighted by Crippen LogP contribution is 2.02. The number of hydrogen-bond donors (Lipinski definition) is 0. The third kappa shape index (κ3) is 0.892. The quantitative estimate of drug-likeness (QED) is 0.481. The molecule has 0 aliphatic heterocycles. The van der Waals surface area contributed by atoms with Gasteiger partial charge in [0.2, 0.25) is 0 Å². The predicted molar refractivity (Wildman–Crippen MR) is 28.2 cm³/mol. The van der Waals surface area contributed by atoms with Crippen molar-refractivity contribution in [1.82, 2.24) is 4.98 Å². The van der Waals surface area contributed by atoms with Crippen molar-refractivity contribution in [1.29, 1.82) is 0 Å². The Balaban J connectivity index is 3.02. The van der Waals surface area contributed by atoms with Gasteiger partial charge in [0.1, 0.15) is 0 Å². The van der Waals surface area contributed by atoms with Crippen molar-refractivity contribution in [3.63, 3.8) is 0 Å². The van der Waals surface area contributed by atoms with E-state index in [4.69, 9.17) is 5.73 Å². The summed E-state index contributed by atoms with van der Waals surface area (Å²) in [5, 5.41) is 0. The first-order valence-corrected chi connectivity index (χ1v) is 2.01. The van der Waals surface area contributed by atoms with E-state index in [1.807, 2.05) is 0 Å². The monoisotopic (exact) mass is 93.0 g/mol. The molecular formula is C5H5N2-. The fourth-order valence-corrected chi connectivity index (χ4v) is 0.363. The van der Waals surface area contributed by atoms with E-state index in [1.54, 1.807) is 18.3 Å². The normalized spacial score (nSPS) is 8.57. The number of aromatic nitrogens is 1. The van der Waals surface area contributed by atoms with E-state index < -0.39 is 0 Å². The van der Waals surface area contributed by atoms with E-state index in [-0.39, 0.29) is 0 Å². The van der Waals surface area contributed by atoms with Gasteiger partial charge in [-0.25, -0.2) is 0 Å². The molecule has 0 amide bonds. The standard InChI is InChI=1S/C5H5N2/c6-5-2-1-3-7-4-5/h1-4,6H/q-1. The zero-order valence-corrected chi connectivity index (χ0v) is 3.76. The van der Waals surface area contributed by atoms with E-state index in [1.165, 1.54) is 6.20 Å². The van der Waals surface area contributed by atoms with Gasteiger partial charge in [-0.05, 0) is 6.07 Å². The smallest absolute Gasteiger partial charge is 0.0266 e. The lowest BCUT2D eigenvalue weighted by Gasteiger charge is -1.94. The summed E-state index contributed by atoms with van der Waals surface area (Å²) in [4.78, 5) is 3.70. The molecule has 0 radical (unpaired) electrons. The summed E-state index contributed by atoms with van der Waals surface area (Å²) in [5.74, 6) is 0. The molecule has 2 nitrogen and oxygen atoms in total. The minimum atomic E-state index is 0.461. The summed E-state index contributed by atoms with van der Waals surface area (Å²) >= 11 is 0. The van der Waals surface area contributed by atoms with E-state index >= 15 is 0 Å². The number of rotatable bonds is 0. The van der Waals surface area contributed by atoms with Crippen molar-refractivity contribution in [3.05, 3.63) is 30.3 Å². The molecule has 0 aliphatic rings. The third-order valence-electron chi connectivity index (χ3n) is 0.662. The fourth-order valence-electron chi connectivity index (χ4n) is 0.363. The molecule has 1 aromatic heterocycles. The number of pyridine rings is 1. The molecule has 0 fully saturated rings. The first-order chi connectivity index (χ1) is 3.39. The summed E-state index contributed by atoms with van der Waals surface area (Å²) in [5.41, 5.74) is 7.39. The maximum Gasteiger partial charge on any atom is 0.0266 e. The Bertz CT molecular complexity index is 136. The molecule has 1 rings (SSSR count). The van der Waals surface area contributed by atoms with Crippen LogP contribution < -0.4 is 0 Å². The second kappa shape index (κ2) is 1.60. The van der Waals surface area contributed by atoms with Crippen LogP contribution in [0.2, 0.25) is 0 Å². The Morgan fingerprint density at radius 2 is 2.43 bits per heavy atom. The molecule has 1 aromatic rings. The molecule has 0 aliphatic carbocycles. The van der Waals surface area contributed by atoms with Crippen LogP contribution in [0.25, 0.3) is 5.73 Å². The second-order valence-electron chi connectivity index (χ2n) is 1.24. The first kappa shape index (κ1) is 4.12. The van der Waals surface area contributed by atoms with Crippen molar-refractivity contribution in [2.75, 3.05) is 0 Å². The Morgan fingerprint density at radius 3 is 2.71 bits per heavy atom. The summed E-state index contributed by atoms with van der Waals surface area (Å²) in [6.07, 6.45) is 3.15. The van der Waals surface area contributed by atoms with Crippen LogP contribution in [-0.4, -0.2) is 4.98 Å². The van der Waals surface area contributed by atoms with Gasteiger partial charge in [-0.1, -0.05) is 6.07 Å². The van der Waals surface area contributed by atoms with Gasteiger partial charge in [-0.3, -0.25) is 4.98 Å². The highest BCUT2D eigenvalue weighted by atomic mass is 14.7. The van der Waals surface area contributed by atoms with Crippen molar-refractivity contribution >= 4 is 5.69 Å². The predicted octanol–water partition coefficient (Wildman–Crippen LogP) is 1.77. The largest absolute Gasteiger partial charge is 0.697 e. The molecule has 7 heavy (non-hydrogen) atoms. The number of nitrogens with one attached hydrogen (secondary N) is 1. The van der Waals surface area contributed by atoms with Crippen molar-refractivity contribution in [2.24, 2.45) is 0 Å². The molecule has 1 N–H and O–H groups in total. The third-order valence-corrected chi connectivity index (χ3v) is 0.662. The van der Waals surface area contributed by atoms with Crippen molar-refractivity contribution in [2.45, 2.75) is 0 Å². The lowest BCUT2D eigenvalue weighted by molar-refractivity contribution is 1.34. The minimum absolute atomic E-state index is 0.461. The van der Waals surface area contributed by atoms with Crippen LogP contribution in [-0.2, 0) is 0 Å². The van der Waals surface area contributed by atoms with Gasteiger partial charge in [0.15, 0.2) is 0 Å². The van der Waals surface area contributed by atoms with E-state index in [0.717, 1.165) is 0 Å². The molecule has 0 saturated heterocycles. The summed E-state index contributed by atoms with van der Waals surface area (Å²) in [7, 11) is 0. The van der Waals surface area contributed by atoms with Crippen LogP contribution in [0.1, 0.15) is 0 Å². The van der Waals surface area contributed by atoms with Gasteiger partial charge in [-0.2, -0.15) is 0 Å². The Kier molecular flexibility index (Phi) is 0.941. The van der Waals surface area contributed by atoms with Gasteiger partial charge >= 0.3 is 0 Å². The van der Waals surface area contributed by atoms with Gasteiger partial charge < -0.3 is 5.73 Å². The van der Waals surface area contributed by atoms with E-state index in [2.05, 4.69) is 4.98 Å². The fraction of sp³-hybridized carbons (Fsp3) is 0. The van der Waals surface area contributed by atoms with Crippen LogP contribution in [0.3, 0.4) is 0 Å². The van der Waals surface area contributed by atoms with Crippen LogP contribution in [0.15, 0.2) is 24.5 Å². The Labute approximate surface area is 42.0 Å². The van der Waals surface area contributed by atoms with E-state index in [0.29, 0.717) is 5.69 Å². The molecule has 36 valence electrons. The molecule has 0 bridgehead atoms. The number of hydrogen-bond acceptors (Lipinski definition) is 1. The molecule has 0 spiro atoms. The average Bonchev–Trinajstić information content (AvgIpc) is 1.69. The average molecular weight is 93.1 g/mol. The molecule has 0 saturated carbocycles. The molecule has 0 unspecified atom stereocenters. The van der Waals surface area contributed by atoms with Gasteiger partial charge in [-0.15, -0.1) is 5.69 Å². The maximum atomic E-state index is 6.93. The van der Waals surface area contributed by atoms with Gasteiger partial charge in [0.05, 0.1) is 0 Å². The Hall–Kier alpha value is -1.05. The molecule has 1 heterocycles. The summed E-state index contributed by atoms with van der Waals surface area (Å²) < 4.78 is 0. The van der Waals surface area contributed by atoms with Crippen LogP contribution in [0, 0.1) is 0 Å². The lowest BCUT2D eigenvalue weighted by Crippen LogP contribution is -1.61. The van der Waals surface area contributed by atoms with Crippen molar-refractivity contribution < 1.29 is 0 Å². The van der Waals surface area contributed by atoms with Crippen LogP contribution >= 0.6 is 0 Å². The van der Waals surface area contributed by atoms with Crippen molar-refractivity contribution in [3.8, 4) is 0 Å². The first-order valence-electron chi connectivity index (χ1n) is 2.01. The van der Waals surface area contributed by atoms with Crippen LogP contribution in [0.5, 0.6) is 0 Å². The lowest BCUT2D eigenvalue weighted by atomic mass is 10.4. The topological polar surface area (TPSA) is 36.7 Å². The number of nitrogens with zero attached hydrogens (tertiary/aromatic N) is 1. The maximum absolute atomic E-state index is 6.93. The zero-order chi connectivity index (χ0) is 5.11. The Morgan fingerprint density at radius 1 is 1.57 bits per heavy atom. The SMILES string of the molecule is [NH-]c1cccnc1. The zero-order valence-electron chi connectivity index (χ0n) is 3.76. The summed E-state index contributed by atoms with van der Waals surface area (Å²) in [6.45, 7) is 0. The highest BCUT2D eigenvalue weighted by molar-refractivity contribution is 5.37. The molecule has 0 aromatic carbocycles. The van der Waals surface area contributed by atoms with E-state index in [9.17, 15) is 0 Å². The molecule has 0 atom stereocenters. The second-order valence-corrected chi connectivity index (χ2v) is 1.24. The minimum Gasteiger partial charge on any atom is -0.697 e. The molecule has 2 heteroatoms. The van der Waals surface area contributed by atoms with Gasteiger partial charge in [0.25, 0.3) is 0 Å². The molecular weight excluding hydrogens is 88.1 g/mol.